The number of rotatable bonds is 6. The summed E-state index contributed by atoms with van der Waals surface area (Å²) in [6.45, 7) is 3.17. The van der Waals surface area contributed by atoms with Crippen LogP contribution in [-0.2, 0) is 9.59 Å². The first kappa shape index (κ1) is 17.8. The van der Waals surface area contributed by atoms with Crippen LogP contribution in [0.15, 0.2) is 18.2 Å². The Balaban J connectivity index is 1.40. The molecule has 136 valence electrons. The standard InChI is InChI=1S/C17H22F2N4O2/c18-12-1-4-14(19)15(9-12)21-17(25)11-23-7-5-22(6-8-23)10-16(24)20-13-2-3-13/h1,4,9,13H,2-3,5-8,10-11H2,(H,20,24)(H,21,25). The third-order valence-electron chi connectivity index (χ3n) is 4.34. The molecule has 1 aromatic rings. The summed E-state index contributed by atoms with van der Waals surface area (Å²) >= 11 is 0. The zero-order chi connectivity index (χ0) is 17.8. The van der Waals surface area contributed by atoms with Crippen molar-refractivity contribution in [2.24, 2.45) is 0 Å². The smallest absolute Gasteiger partial charge is 0.238 e. The van der Waals surface area contributed by atoms with Crippen molar-refractivity contribution in [3.8, 4) is 0 Å². The summed E-state index contributed by atoms with van der Waals surface area (Å²) in [4.78, 5) is 27.8. The average Bonchev–Trinajstić information content (AvgIpc) is 3.36. The van der Waals surface area contributed by atoms with Gasteiger partial charge in [-0.15, -0.1) is 0 Å². The molecule has 2 amide bonds. The van der Waals surface area contributed by atoms with Crippen molar-refractivity contribution < 1.29 is 18.4 Å². The van der Waals surface area contributed by atoms with Gasteiger partial charge < -0.3 is 10.6 Å². The molecule has 0 bridgehead atoms. The van der Waals surface area contributed by atoms with E-state index in [1.165, 1.54) is 0 Å². The number of hydrogen-bond donors (Lipinski definition) is 2. The van der Waals surface area contributed by atoms with Crippen LogP contribution in [0.4, 0.5) is 14.5 Å². The van der Waals surface area contributed by atoms with E-state index < -0.39 is 11.6 Å². The summed E-state index contributed by atoms with van der Waals surface area (Å²) in [5, 5.41) is 5.35. The van der Waals surface area contributed by atoms with Crippen molar-refractivity contribution in [1.29, 1.82) is 0 Å². The molecule has 25 heavy (non-hydrogen) atoms. The molecule has 0 atom stereocenters. The zero-order valence-electron chi connectivity index (χ0n) is 13.9. The Hall–Kier alpha value is -2.06. The lowest BCUT2D eigenvalue weighted by Gasteiger charge is -2.33. The highest BCUT2D eigenvalue weighted by Crippen LogP contribution is 2.18. The van der Waals surface area contributed by atoms with Crippen LogP contribution in [0.1, 0.15) is 12.8 Å². The van der Waals surface area contributed by atoms with E-state index in [2.05, 4.69) is 15.5 Å². The molecule has 0 radical (unpaired) electrons. The molecule has 0 aromatic heterocycles. The summed E-state index contributed by atoms with van der Waals surface area (Å²) < 4.78 is 26.7. The van der Waals surface area contributed by atoms with E-state index >= 15 is 0 Å². The molecule has 3 rings (SSSR count). The molecule has 0 spiro atoms. The Morgan fingerprint density at radius 3 is 2.20 bits per heavy atom. The maximum Gasteiger partial charge on any atom is 0.238 e. The number of carbonyl (C=O) groups is 2. The third kappa shape index (κ3) is 5.47. The second-order valence-electron chi connectivity index (χ2n) is 6.57. The van der Waals surface area contributed by atoms with Gasteiger partial charge in [-0.1, -0.05) is 0 Å². The van der Waals surface area contributed by atoms with Crippen LogP contribution in [0, 0.1) is 11.6 Å². The lowest BCUT2D eigenvalue weighted by Crippen LogP contribution is -2.51. The number of hydrogen-bond acceptors (Lipinski definition) is 4. The van der Waals surface area contributed by atoms with E-state index in [0.717, 1.165) is 31.0 Å². The van der Waals surface area contributed by atoms with Crippen LogP contribution in [0.3, 0.4) is 0 Å². The Morgan fingerprint density at radius 1 is 1.00 bits per heavy atom. The average molecular weight is 352 g/mol. The molecule has 1 heterocycles. The quantitative estimate of drug-likeness (QED) is 0.795. The fourth-order valence-corrected chi connectivity index (χ4v) is 2.80. The molecule has 2 aliphatic rings. The van der Waals surface area contributed by atoms with Gasteiger partial charge in [0.2, 0.25) is 11.8 Å². The molecule has 1 aromatic carbocycles. The predicted molar refractivity (Wildman–Crippen MR) is 89.0 cm³/mol. The molecule has 1 aliphatic heterocycles. The van der Waals surface area contributed by atoms with Gasteiger partial charge in [0.05, 0.1) is 18.8 Å². The number of amides is 2. The number of anilines is 1. The lowest BCUT2D eigenvalue weighted by atomic mass is 10.2. The number of piperazine rings is 1. The van der Waals surface area contributed by atoms with Crippen molar-refractivity contribution >= 4 is 17.5 Å². The topological polar surface area (TPSA) is 64.7 Å². The van der Waals surface area contributed by atoms with E-state index in [1.54, 1.807) is 0 Å². The summed E-state index contributed by atoms with van der Waals surface area (Å²) in [5.41, 5.74) is -0.152. The van der Waals surface area contributed by atoms with Crippen LogP contribution < -0.4 is 10.6 Å². The Morgan fingerprint density at radius 2 is 1.60 bits per heavy atom. The van der Waals surface area contributed by atoms with E-state index in [1.807, 2.05) is 4.90 Å². The van der Waals surface area contributed by atoms with Gasteiger partial charge in [-0.3, -0.25) is 19.4 Å². The zero-order valence-corrected chi connectivity index (χ0v) is 13.9. The minimum Gasteiger partial charge on any atom is -0.352 e. The van der Waals surface area contributed by atoms with Crippen LogP contribution in [0.2, 0.25) is 0 Å². The van der Waals surface area contributed by atoms with Gasteiger partial charge >= 0.3 is 0 Å². The minimum atomic E-state index is -0.666. The van der Waals surface area contributed by atoms with Crippen molar-refractivity contribution in [3.05, 3.63) is 29.8 Å². The third-order valence-corrected chi connectivity index (χ3v) is 4.34. The van der Waals surface area contributed by atoms with Gasteiger partial charge in [0.25, 0.3) is 0 Å². The van der Waals surface area contributed by atoms with Crippen LogP contribution in [0.25, 0.3) is 0 Å². The molecule has 1 aliphatic carbocycles. The summed E-state index contributed by atoms with van der Waals surface area (Å²) in [6.07, 6.45) is 2.14. The fraction of sp³-hybridized carbons (Fsp3) is 0.529. The maximum atomic E-state index is 13.5. The van der Waals surface area contributed by atoms with Crippen LogP contribution in [0.5, 0.6) is 0 Å². The monoisotopic (exact) mass is 352 g/mol. The van der Waals surface area contributed by atoms with Gasteiger partial charge in [-0.25, -0.2) is 8.78 Å². The first-order valence-electron chi connectivity index (χ1n) is 8.48. The van der Waals surface area contributed by atoms with Gasteiger partial charge in [-0.2, -0.15) is 0 Å². The highest BCUT2D eigenvalue weighted by molar-refractivity contribution is 5.92. The maximum absolute atomic E-state index is 13.5. The van der Waals surface area contributed by atoms with E-state index in [-0.39, 0.29) is 24.0 Å². The van der Waals surface area contributed by atoms with Crippen LogP contribution >= 0.6 is 0 Å². The first-order chi connectivity index (χ1) is 12.0. The molecule has 6 nitrogen and oxygen atoms in total. The molecule has 1 saturated carbocycles. The number of nitrogens with one attached hydrogen (secondary N) is 2. The number of benzene rings is 1. The SMILES string of the molecule is O=C(CN1CCN(CC(=O)NC2CC2)CC1)Nc1cc(F)ccc1F. The molecule has 0 unspecified atom stereocenters. The molecule has 8 heteroatoms. The Labute approximate surface area is 145 Å². The van der Waals surface area contributed by atoms with E-state index in [0.29, 0.717) is 38.8 Å². The normalized spacial score (nSPS) is 18.8. The molecular weight excluding hydrogens is 330 g/mol. The van der Waals surface area contributed by atoms with E-state index in [4.69, 9.17) is 0 Å². The fourth-order valence-electron chi connectivity index (χ4n) is 2.80. The summed E-state index contributed by atoms with van der Waals surface area (Å²) in [6, 6.07) is 3.31. The lowest BCUT2D eigenvalue weighted by molar-refractivity contribution is -0.123. The second kappa shape index (κ2) is 7.88. The molecule has 2 N–H and O–H groups in total. The summed E-state index contributed by atoms with van der Waals surface area (Å²) in [7, 11) is 0. The summed E-state index contributed by atoms with van der Waals surface area (Å²) in [5.74, 6) is -1.60. The van der Waals surface area contributed by atoms with Crippen molar-refractivity contribution in [3.63, 3.8) is 0 Å². The molecule has 2 fully saturated rings. The van der Waals surface area contributed by atoms with Crippen molar-refractivity contribution in [1.82, 2.24) is 15.1 Å². The Kier molecular flexibility index (Phi) is 5.60. The van der Waals surface area contributed by atoms with Gasteiger partial charge in [0.15, 0.2) is 0 Å². The minimum absolute atomic E-state index is 0.0512. The number of nitrogens with zero attached hydrogens (tertiary/aromatic N) is 2. The highest BCUT2D eigenvalue weighted by atomic mass is 19.1. The largest absolute Gasteiger partial charge is 0.352 e. The predicted octanol–water partition coefficient (Wildman–Crippen LogP) is 0.800. The molecular formula is C17H22F2N4O2. The van der Waals surface area contributed by atoms with Gasteiger partial charge in [0, 0.05) is 38.3 Å². The van der Waals surface area contributed by atoms with Crippen molar-refractivity contribution in [2.75, 3.05) is 44.6 Å². The number of halogens is 2. The van der Waals surface area contributed by atoms with Crippen molar-refractivity contribution in [2.45, 2.75) is 18.9 Å². The number of carbonyl (C=O) groups excluding carboxylic acids is 2. The van der Waals surface area contributed by atoms with Crippen LogP contribution in [-0.4, -0.2) is 66.9 Å². The Bertz CT molecular complexity index is 644. The van der Waals surface area contributed by atoms with E-state index in [9.17, 15) is 18.4 Å². The first-order valence-corrected chi connectivity index (χ1v) is 8.48. The second-order valence-corrected chi connectivity index (χ2v) is 6.57. The highest BCUT2D eigenvalue weighted by Gasteiger charge is 2.25. The van der Waals surface area contributed by atoms with Gasteiger partial charge in [0.1, 0.15) is 11.6 Å². The molecule has 1 saturated heterocycles. The van der Waals surface area contributed by atoms with Gasteiger partial charge in [-0.05, 0) is 25.0 Å².